The van der Waals surface area contributed by atoms with Gasteiger partial charge in [0, 0.05) is 24.4 Å². The van der Waals surface area contributed by atoms with Crippen molar-refractivity contribution in [3.8, 4) is 17.2 Å². The SMILES string of the molecule is CN1C(=O)C(=Nc2c(C(=O)O)cc(O)c(O)c2O)C2=C1C=CCC2. The van der Waals surface area contributed by atoms with E-state index in [-0.39, 0.29) is 5.71 Å². The van der Waals surface area contributed by atoms with Gasteiger partial charge in [-0.1, -0.05) is 6.08 Å². The zero-order chi connectivity index (χ0) is 17.6. The van der Waals surface area contributed by atoms with Gasteiger partial charge in [-0.05, 0) is 18.9 Å². The minimum Gasteiger partial charge on any atom is -0.504 e. The number of likely N-dealkylation sites (N-methyl/N-ethyl adjacent to an activating group) is 1. The van der Waals surface area contributed by atoms with Crippen molar-refractivity contribution >= 4 is 23.3 Å². The number of phenolic OH excluding ortho intramolecular Hbond substituents is 3. The van der Waals surface area contributed by atoms with E-state index in [9.17, 15) is 30.0 Å². The number of carbonyl (C=O) groups is 2. The molecule has 8 heteroatoms. The van der Waals surface area contributed by atoms with Crippen LogP contribution in [0.3, 0.4) is 0 Å². The summed E-state index contributed by atoms with van der Waals surface area (Å²) in [5, 5.41) is 38.3. The maximum atomic E-state index is 12.4. The van der Waals surface area contributed by atoms with Crippen molar-refractivity contribution < 1.29 is 30.0 Å². The molecule has 0 fully saturated rings. The fraction of sp³-hybridized carbons (Fsp3) is 0.188. The summed E-state index contributed by atoms with van der Waals surface area (Å²) in [7, 11) is 1.57. The zero-order valence-corrected chi connectivity index (χ0v) is 12.6. The van der Waals surface area contributed by atoms with Gasteiger partial charge in [0.2, 0.25) is 5.75 Å². The van der Waals surface area contributed by atoms with Crippen LogP contribution in [0.1, 0.15) is 23.2 Å². The fourth-order valence-corrected chi connectivity index (χ4v) is 2.74. The third-order valence-electron chi connectivity index (χ3n) is 3.98. The van der Waals surface area contributed by atoms with Gasteiger partial charge in [0.15, 0.2) is 11.5 Å². The lowest BCUT2D eigenvalue weighted by molar-refractivity contribution is -0.120. The van der Waals surface area contributed by atoms with E-state index in [2.05, 4.69) is 4.99 Å². The Morgan fingerprint density at radius 1 is 1.25 bits per heavy atom. The number of aromatic carboxylic acids is 1. The van der Waals surface area contributed by atoms with Crippen LogP contribution in [-0.4, -0.2) is 50.0 Å². The van der Waals surface area contributed by atoms with E-state index in [4.69, 9.17) is 0 Å². The van der Waals surface area contributed by atoms with Gasteiger partial charge in [0.05, 0.1) is 5.56 Å². The number of amides is 1. The molecule has 0 aromatic heterocycles. The Morgan fingerprint density at radius 3 is 2.62 bits per heavy atom. The minimum atomic E-state index is -1.46. The molecule has 4 N–H and O–H groups in total. The highest BCUT2D eigenvalue weighted by Gasteiger charge is 2.34. The van der Waals surface area contributed by atoms with Crippen molar-refractivity contribution in [3.05, 3.63) is 35.1 Å². The average molecular weight is 330 g/mol. The third kappa shape index (κ3) is 2.19. The summed E-state index contributed by atoms with van der Waals surface area (Å²) in [5.41, 5.74) is 0.335. The Bertz CT molecular complexity index is 866. The van der Waals surface area contributed by atoms with E-state index >= 15 is 0 Å². The highest BCUT2D eigenvalue weighted by atomic mass is 16.4. The standard InChI is InChI=1S/C16H14N2O6/c1-18-9-5-3-2-4-7(9)12(15(18)22)17-11-8(16(23)24)6-10(19)13(20)14(11)21/h3,5-6,19-21H,2,4H2,1H3,(H,23,24). The van der Waals surface area contributed by atoms with Crippen LogP contribution < -0.4 is 0 Å². The number of benzene rings is 1. The first kappa shape index (κ1) is 15.6. The molecule has 0 spiro atoms. The van der Waals surface area contributed by atoms with Gasteiger partial charge < -0.3 is 25.3 Å². The number of nitrogens with zero attached hydrogens (tertiary/aromatic N) is 2. The second kappa shape index (κ2) is 5.41. The quantitative estimate of drug-likeness (QED) is 0.610. The summed E-state index contributed by atoms with van der Waals surface area (Å²) in [6, 6.07) is 0.774. The lowest BCUT2D eigenvalue weighted by Gasteiger charge is -2.12. The second-order valence-electron chi connectivity index (χ2n) is 5.42. The summed E-state index contributed by atoms with van der Waals surface area (Å²) in [4.78, 5) is 29.2. The number of carboxylic acid groups (broad SMARTS) is 1. The van der Waals surface area contributed by atoms with Crippen LogP contribution >= 0.6 is 0 Å². The van der Waals surface area contributed by atoms with Gasteiger partial charge in [-0.15, -0.1) is 0 Å². The molecule has 24 heavy (non-hydrogen) atoms. The molecule has 0 atom stereocenters. The number of aromatic hydroxyl groups is 3. The van der Waals surface area contributed by atoms with E-state index in [0.717, 1.165) is 6.07 Å². The fourth-order valence-electron chi connectivity index (χ4n) is 2.74. The van der Waals surface area contributed by atoms with Crippen LogP contribution in [0.25, 0.3) is 0 Å². The number of carboxylic acids is 1. The van der Waals surface area contributed by atoms with Crippen molar-refractivity contribution in [1.82, 2.24) is 4.90 Å². The number of allylic oxidation sites excluding steroid dienone is 2. The van der Waals surface area contributed by atoms with Crippen molar-refractivity contribution in [2.45, 2.75) is 12.8 Å². The molecular weight excluding hydrogens is 316 g/mol. The Morgan fingerprint density at radius 2 is 1.96 bits per heavy atom. The summed E-state index contributed by atoms with van der Waals surface area (Å²) in [6.07, 6.45) is 4.95. The molecule has 0 saturated carbocycles. The van der Waals surface area contributed by atoms with E-state index in [0.29, 0.717) is 24.1 Å². The monoisotopic (exact) mass is 330 g/mol. The van der Waals surface area contributed by atoms with E-state index in [1.165, 1.54) is 4.90 Å². The molecule has 0 bridgehead atoms. The number of carbonyl (C=O) groups excluding carboxylic acids is 1. The summed E-state index contributed by atoms with van der Waals surface area (Å²) in [5.74, 6) is -4.47. The molecule has 0 unspecified atom stereocenters. The van der Waals surface area contributed by atoms with Crippen molar-refractivity contribution in [2.75, 3.05) is 7.05 Å². The number of hydrogen-bond acceptors (Lipinski definition) is 6. The first-order valence-electron chi connectivity index (χ1n) is 7.11. The number of aliphatic imine (C=N–C) groups is 1. The van der Waals surface area contributed by atoms with E-state index < -0.39 is 40.4 Å². The number of phenols is 3. The Hall–Kier alpha value is -3.29. The lowest BCUT2D eigenvalue weighted by atomic mass is 10.0. The molecule has 124 valence electrons. The van der Waals surface area contributed by atoms with Gasteiger partial charge >= 0.3 is 5.97 Å². The molecule has 1 aromatic rings. The van der Waals surface area contributed by atoms with E-state index in [1.807, 2.05) is 6.08 Å². The highest BCUT2D eigenvalue weighted by molar-refractivity contribution is 6.48. The highest BCUT2D eigenvalue weighted by Crippen LogP contribution is 2.45. The summed E-state index contributed by atoms with van der Waals surface area (Å²) < 4.78 is 0. The van der Waals surface area contributed by atoms with Crippen LogP contribution in [0.2, 0.25) is 0 Å². The molecule has 1 heterocycles. The molecule has 1 aromatic carbocycles. The molecule has 1 aliphatic heterocycles. The van der Waals surface area contributed by atoms with Gasteiger partial charge in [0.25, 0.3) is 5.91 Å². The lowest BCUT2D eigenvalue weighted by Crippen LogP contribution is -2.24. The molecular formula is C16H14N2O6. The largest absolute Gasteiger partial charge is 0.504 e. The van der Waals surface area contributed by atoms with Crippen molar-refractivity contribution in [3.63, 3.8) is 0 Å². The topological polar surface area (TPSA) is 131 Å². The first-order chi connectivity index (χ1) is 11.3. The molecule has 1 aliphatic carbocycles. The Balaban J connectivity index is 2.24. The van der Waals surface area contributed by atoms with Crippen LogP contribution in [0.5, 0.6) is 17.2 Å². The predicted molar refractivity (Wildman–Crippen MR) is 83.7 cm³/mol. The maximum absolute atomic E-state index is 12.4. The molecule has 3 rings (SSSR count). The number of hydrogen-bond donors (Lipinski definition) is 4. The van der Waals surface area contributed by atoms with Crippen LogP contribution in [0, 0.1) is 0 Å². The Labute approximate surface area is 136 Å². The molecule has 8 nitrogen and oxygen atoms in total. The normalized spacial score (nSPS) is 18.5. The predicted octanol–water partition coefficient (Wildman–Crippen LogP) is 1.65. The van der Waals surface area contributed by atoms with Crippen LogP contribution in [-0.2, 0) is 4.79 Å². The van der Waals surface area contributed by atoms with Crippen molar-refractivity contribution in [2.24, 2.45) is 4.99 Å². The molecule has 0 radical (unpaired) electrons. The maximum Gasteiger partial charge on any atom is 0.338 e. The number of rotatable bonds is 2. The second-order valence-corrected chi connectivity index (χ2v) is 5.42. The molecule has 2 aliphatic rings. The third-order valence-corrected chi connectivity index (χ3v) is 3.98. The van der Waals surface area contributed by atoms with Gasteiger partial charge in [-0.2, -0.15) is 0 Å². The zero-order valence-electron chi connectivity index (χ0n) is 12.6. The van der Waals surface area contributed by atoms with E-state index in [1.54, 1.807) is 13.1 Å². The van der Waals surface area contributed by atoms with Gasteiger partial charge in [-0.3, -0.25) is 4.79 Å². The average Bonchev–Trinajstić information content (AvgIpc) is 2.80. The molecule has 1 amide bonds. The smallest absolute Gasteiger partial charge is 0.338 e. The Kier molecular flexibility index (Phi) is 3.52. The van der Waals surface area contributed by atoms with Gasteiger partial charge in [0.1, 0.15) is 11.4 Å². The first-order valence-corrected chi connectivity index (χ1v) is 7.11. The molecule has 0 saturated heterocycles. The minimum absolute atomic E-state index is 0.0136. The summed E-state index contributed by atoms with van der Waals surface area (Å²) >= 11 is 0. The van der Waals surface area contributed by atoms with Gasteiger partial charge in [-0.25, -0.2) is 9.79 Å². The van der Waals surface area contributed by atoms with Crippen LogP contribution in [0.4, 0.5) is 5.69 Å². The van der Waals surface area contributed by atoms with Crippen molar-refractivity contribution in [1.29, 1.82) is 0 Å². The van der Waals surface area contributed by atoms with Crippen LogP contribution in [0.15, 0.2) is 34.5 Å². The summed E-state index contributed by atoms with van der Waals surface area (Å²) in [6.45, 7) is 0.